The van der Waals surface area contributed by atoms with Crippen LogP contribution in [-0.2, 0) is 26.2 Å². The Morgan fingerprint density at radius 2 is 1.70 bits per heavy atom. The van der Waals surface area contributed by atoms with Crippen LogP contribution in [-0.4, -0.2) is 89.3 Å². The van der Waals surface area contributed by atoms with E-state index in [1.165, 1.54) is 31.4 Å². The highest BCUT2D eigenvalue weighted by atomic mass is 35.5. The number of piperidine rings is 1. The van der Waals surface area contributed by atoms with Gasteiger partial charge in [0, 0.05) is 44.0 Å². The molecular weight excluding hydrogens is 663 g/mol. The maximum atomic E-state index is 13.9. The third-order valence-corrected chi connectivity index (χ3v) is 11.6. The van der Waals surface area contributed by atoms with Gasteiger partial charge in [-0.05, 0) is 69.7 Å². The molecule has 1 spiro atoms. The zero-order chi connectivity index (χ0) is 32.2. The predicted molar refractivity (Wildman–Crippen MR) is 187 cm³/mol. The first kappa shape index (κ1) is 39.2. The van der Waals surface area contributed by atoms with E-state index in [1.807, 2.05) is 23.4 Å². The summed E-state index contributed by atoms with van der Waals surface area (Å²) in [7, 11) is -3.69. The number of aromatic nitrogens is 2. The van der Waals surface area contributed by atoms with E-state index < -0.39 is 21.6 Å². The minimum absolute atomic E-state index is 0. The van der Waals surface area contributed by atoms with E-state index in [2.05, 4.69) is 21.9 Å². The normalized spacial score (nSPS) is 20.5. The van der Waals surface area contributed by atoms with Gasteiger partial charge in [-0.3, -0.25) is 14.5 Å². The van der Waals surface area contributed by atoms with Gasteiger partial charge >= 0.3 is 0 Å². The molecule has 264 valence electrons. The smallest absolute Gasteiger partial charge is 0.246 e. The van der Waals surface area contributed by atoms with Crippen molar-refractivity contribution >= 4 is 46.7 Å². The molecule has 1 atom stereocenters. The summed E-state index contributed by atoms with van der Waals surface area (Å²) in [6.07, 6.45) is 9.86. The van der Waals surface area contributed by atoms with Crippen LogP contribution in [0, 0.1) is 19.8 Å². The molecule has 1 aromatic carbocycles. The monoisotopic (exact) mass is 714 g/mol. The predicted octanol–water partition coefficient (Wildman–Crippen LogP) is 4.04. The van der Waals surface area contributed by atoms with Gasteiger partial charge in [0.2, 0.25) is 21.8 Å². The van der Waals surface area contributed by atoms with Crippen molar-refractivity contribution in [3.63, 3.8) is 0 Å². The van der Waals surface area contributed by atoms with E-state index >= 15 is 0 Å². The Morgan fingerprint density at radius 3 is 2.32 bits per heavy atom. The third-order valence-electron chi connectivity index (χ3n) is 10.1. The Hall–Kier alpha value is -2.22. The number of carbonyl (C=O) groups is 2. The van der Waals surface area contributed by atoms with E-state index in [9.17, 15) is 18.0 Å². The molecule has 1 saturated carbocycles. The van der Waals surface area contributed by atoms with Crippen LogP contribution in [0.15, 0.2) is 29.2 Å². The molecule has 14 heteroatoms. The molecule has 0 bridgehead atoms. The highest BCUT2D eigenvalue weighted by molar-refractivity contribution is 7.89. The lowest BCUT2D eigenvalue weighted by molar-refractivity contribution is -0.162. The molecule has 11 nitrogen and oxygen atoms in total. The fourth-order valence-corrected chi connectivity index (χ4v) is 8.44. The van der Waals surface area contributed by atoms with Gasteiger partial charge in [0.25, 0.3) is 0 Å². The number of aliphatic hydroxyl groups excluding tert-OH is 1. The van der Waals surface area contributed by atoms with Crippen LogP contribution in [0.2, 0.25) is 0 Å². The van der Waals surface area contributed by atoms with Crippen LogP contribution in [0.25, 0.3) is 5.69 Å². The number of amides is 2. The van der Waals surface area contributed by atoms with Gasteiger partial charge in [-0.25, -0.2) is 17.8 Å². The van der Waals surface area contributed by atoms with Gasteiger partial charge in [0.1, 0.15) is 11.6 Å². The summed E-state index contributed by atoms with van der Waals surface area (Å²) in [5.74, 6) is 0.651. The van der Waals surface area contributed by atoms with Crippen molar-refractivity contribution < 1.29 is 23.1 Å². The van der Waals surface area contributed by atoms with E-state index in [4.69, 9.17) is 10.2 Å². The van der Waals surface area contributed by atoms with Crippen molar-refractivity contribution in [2.75, 3.05) is 32.8 Å². The number of nitrogens with one attached hydrogen (secondary N) is 2. The second kappa shape index (κ2) is 16.9. The molecule has 0 radical (unpaired) electrons. The molecule has 3 N–H and O–H groups in total. The lowest BCUT2D eigenvalue weighted by Gasteiger charge is -2.52. The number of unbranched alkanes of at least 4 members (excludes halogenated alkanes) is 1. The Balaban J connectivity index is 0.00000300. The highest BCUT2D eigenvalue weighted by Crippen LogP contribution is 2.36. The molecule has 2 aromatic rings. The number of hydrogen-bond acceptors (Lipinski definition) is 7. The number of rotatable bonds is 12. The van der Waals surface area contributed by atoms with E-state index in [0.717, 1.165) is 54.7 Å². The summed E-state index contributed by atoms with van der Waals surface area (Å²) in [5, 5.41) is 16.9. The SMILES string of the molecule is CCCCN1C(=O)[C@H](CC2CCCCC2)NC(=O)C12CCN(Cc1c(C)nn(-c3ccc(S(=O)(=O)NCCO)cc3)c1C)CC2.Cl.Cl. The molecule has 3 fully saturated rings. The number of sulfonamides is 1. The van der Waals surface area contributed by atoms with Gasteiger partial charge in [-0.1, -0.05) is 45.4 Å². The van der Waals surface area contributed by atoms with Crippen LogP contribution < -0.4 is 10.0 Å². The quantitative estimate of drug-likeness (QED) is 0.302. The van der Waals surface area contributed by atoms with Crippen LogP contribution in [0.1, 0.15) is 88.1 Å². The summed E-state index contributed by atoms with van der Waals surface area (Å²) >= 11 is 0. The topological polar surface area (TPSA) is 137 Å². The van der Waals surface area contributed by atoms with E-state index in [0.29, 0.717) is 44.9 Å². The number of piperazine rings is 1. The summed E-state index contributed by atoms with van der Waals surface area (Å²) in [6, 6.07) is 6.13. The summed E-state index contributed by atoms with van der Waals surface area (Å²) in [5.41, 5.74) is 2.95. The molecule has 47 heavy (non-hydrogen) atoms. The zero-order valence-corrected chi connectivity index (χ0v) is 30.3. The fraction of sp³-hybridized carbons (Fsp3) is 0.667. The van der Waals surface area contributed by atoms with Crippen LogP contribution in [0.5, 0.6) is 0 Å². The van der Waals surface area contributed by atoms with Crippen molar-refractivity contribution in [1.29, 1.82) is 0 Å². The zero-order valence-electron chi connectivity index (χ0n) is 27.9. The standard InChI is InChI=1S/C33H50N6O5S.2ClH/c1-4-5-18-38-31(41)30(22-26-9-7-6-8-10-26)35-32(42)33(38)15-19-37(20-16-33)23-29-24(2)36-39(25(29)3)27-11-13-28(14-12-27)45(43,44)34-17-21-40;;/h11-14,26,30,34,40H,4-10,15-23H2,1-3H3,(H,35,42);2*1H/t30-;;/m0../s1. The van der Waals surface area contributed by atoms with Crippen LogP contribution in [0.4, 0.5) is 0 Å². The van der Waals surface area contributed by atoms with Crippen molar-refractivity contribution in [3.8, 4) is 5.69 Å². The third kappa shape index (κ3) is 8.51. The number of nitrogens with zero attached hydrogens (tertiary/aromatic N) is 4. The van der Waals surface area contributed by atoms with Crippen molar-refractivity contribution in [2.45, 2.75) is 108 Å². The first-order chi connectivity index (χ1) is 21.6. The number of halogens is 2. The lowest BCUT2D eigenvalue weighted by atomic mass is 9.79. The summed E-state index contributed by atoms with van der Waals surface area (Å²) in [4.78, 5) is 32.1. The minimum atomic E-state index is -3.69. The molecule has 3 aliphatic rings. The van der Waals surface area contributed by atoms with Crippen LogP contribution >= 0.6 is 24.8 Å². The average Bonchev–Trinajstić information content (AvgIpc) is 3.32. The second-order valence-electron chi connectivity index (χ2n) is 13.1. The second-order valence-corrected chi connectivity index (χ2v) is 14.9. The molecule has 1 aromatic heterocycles. The Bertz CT molecular complexity index is 1450. The van der Waals surface area contributed by atoms with Crippen LogP contribution in [0.3, 0.4) is 0 Å². The fourth-order valence-electron chi connectivity index (χ4n) is 7.42. The van der Waals surface area contributed by atoms with Gasteiger partial charge in [-0.2, -0.15) is 5.10 Å². The van der Waals surface area contributed by atoms with Gasteiger partial charge in [0.05, 0.1) is 22.9 Å². The molecular formula is C33H52Cl2N6O5S. The minimum Gasteiger partial charge on any atom is -0.395 e. The Kier molecular flexibility index (Phi) is 14.1. The first-order valence-electron chi connectivity index (χ1n) is 16.7. The highest BCUT2D eigenvalue weighted by Gasteiger charge is 2.53. The van der Waals surface area contributed by atoms with Crippen molar-refractivity contribution in [3.05, 3.63) is 41.2 Å². The number of aryl methyl sites for hydroxylation is 1. The average molecular weight is 716 g/mol. The number of likely N-dealkylation sites (tertiary alicyclic amines) is 1. The first-order valence-corrected chi connectivity index (χ1v) is 18.2. The van der Waals surface area contributed by atoms with Gasteiger partial charge in [-0.15, -0.1) is 24.8 Å². The van der Waals surface area contributed by atoms with E-state index in [-0.39, 0.29) is 54.7 Å². The maximum Gasteiger partial charge on any atom is 0.246 e. The van der Waals surface area contributed by atoms with Gasteiger partial charge < -0.3 is 15.3 Å². The molecule has 2 aliphatic heterocycles. The van der Waals surface area contributed by atoms with E-state index in [1.54, 1.807) is 12.1 Å². The number of hydrogen-bond donors (Lipinski definition) is 3. The molecule has 0 unspecified atom stereocenters. The molecule has 5 rings (SSSR count). The number of carbonyl (C=O) groups excluding carboxylic acids is 2. The largest absolute Gasteiger partial charge is 0.395 e. The molecule has 2 saturated heterocycles. The van der Waals surface area contributed by atoms with Crippen molar-refractivity contribution in [1.82, 2.24) is 29.6 Å². The maximum absolute atomic E-state index is 13.9. The lowest BCUT2D eigenvalue weighted by Crippen LogP contribution is -2.73. The Morgan fingerprint density at radius 1 is 1.04 bits per heavy atom. The summed E-state index contributed by atoms with van der Waals surface area (Å²) in [6.45, 7) is 8.53. The number of aliphatic hydroxyl groups is 1. The molecule has 3 heterocycles. The summed E-state index contributed by atoms with van der Waals surface area (Å²) < 4.78 is 29.0. The molecule has 1 aliphatic carbocycles. The molecule has 2 amide bonds. The van der Waals surface area contributed by atoms with Gasteiger partial charge in [0.15, 0.2) is 0 Å². The van der Waals surface area contributed by atoms with Crippen molar-refractivity contribution in [2.24, 2.45) is 5.92 Å². The Labute approximate surface area is 292 Å². The number of benzene rings is 1.